The first-order valence-corrected chi connectivity index (χ1v) is 7.22. The molecule has 4 atom stereocenters. The second-order valence-corrected chi connectivity index (χ2v) is 5.70. The fourth-order valence-corrected chi connectivity index (χ4v) is 2.95. The van der Waals surface area contributed by atoms with Gasteiger partial charge in [-0.25, -0.2) is 0 Å². The minimum Gasteiger partial charge on any atom is -0.0654 e. The fraction of sp³-hybridized carbons (Fsp3) is 1.00. The lowest BCUT2D eigenvalue weighted by molar-refractivity contribution is 0.366. The van der Waals surface area contributed by atoms with Gasteiger partial charge in [0.15, 0.2) is 0 Å². The van der Waals surface area contributed by atoms with Crippen LogP contribution < -0.4 is 0 Å². The fourth-order valence-electron chi connectivity index (χ4n) is 2.95. The van der Waals surface area contributed by atoms with Crippen LogP contribution in [0, 0.1) is 23.7 Å². The summed E-state index contributed by atoms with van der Waals surface area (Å²) in [5.41, 5.74) is 0. The minimum absolute atomic E-state index is 0.985. The molecule has 4 unspecified atom stereocenters. The smallest absolute Gasteiger partial charge is 0.0357 e. The first-order valence-electron chi connectivity index (χ1n) is 7.22. The molecule has 0 aromatic carbocycles. The van der Waals surface area contributed by atoms with Gasteiger partial charge in [-0.05, 0) is 36.5 Å². The Labute approximate surface area is 96.8 Å². The van der Waals surface area contributed by atoms with Crippen LogP contribution in [0.1, 0.15) is 72.6 Å². The van der Waals surface area contributed by atoms with Crippen LogP contribution in [0.15, 0.2) is 0 Å². The zero-order chi connectivity index (χ0) is 11.3. The second kappa shape index (κ2) is 6.55. The zero-order valence-electron chi connectivity index (χ0n) is 11.3. The van der Waals surface area contributed by atoms with E-state index < -0.39 is 0 Å². The summed E-state index contributed by atoms with van der Waals surface area (Å²) >= 11 is 0. The van der Waals surface area contributed by atoms with Crippen LogP contribution >= 0.6 is 0 Å². The average Bonchev–Trinajstić information content (AvgIpc) is 3.02. The summed E-state index contributed by atoms with van der Waals surface area (Å²) in [6.45, 7) is 9.47. The van der Waals surface area contributed by atoms with Crippen molar-refractivity contribution >= 4 is 0 Å². The first kappa shape index (κ1) is 13.1. The molecule has 1 aliphatic carbocycles. The van der Waals surface area contributed by atoms with Gasteiger partial charge in [0.1, 0.15) is 0 Å². The maximum atomic E-state index is 2.44. The van der Waals surface area contributed by atoms with Gasteiger partial charge in [0.2, 0.25) is 0 Å². The maximum Gasteiger partial charge on any atom is -0.0357 e. The predicted molar refractivity (Wildman–Crippen MR) is 69.0 cm³/mol. The van der Waals surface area contributed by atoms with E-state index in [0.29, 0.717) is 0 Å². The van der Waals surface area contributed by atoms with Crippen LogP contribution in [0.2, 0.25) is 0 Å². The Hall–Kier alpha value is 0. The summed E-state index contributed by atoms with van der Waals surface area (Å²) < 4.78 is 0. The highest BCUT2D eigenvalue weighted by Crippen LogP contribution is 2.49. The van der Waals surface area contributed by atoms with E-state index >= 15 is 0 Å². The molecule has 0 amide bonds. The quantitative estimate of drug-likeness (QED) is 0.511. The Morgan fingerprint density at radius 2 is 1.87 bits per heavy atom. The maximum absolute atomic E-state index is 2.44. The van der Waals surface area contributed by atoms with Crippen molar-refractivity contribution in [2.24, 2.45) is 23.7 Å². The van der Waals surface area contributed by atoms with Crippen molar-refractivity contribution in [1.82, 2.24) is 0 Å². The molecule has 0 aliphatic heterocycles. The molecule has 0 saturated heterocycles. The van der Waals surface area contributed by atoms with Gasteiger partial charge < -0.3 is 0 Å². The molecule has 15 heavy (non-hydrogen) atoms. The highest BCUT2D eigenvalue weighted by Gasteiger charge is 2.40. The van der Waals surface area contributed by atoms with Crippen molar-refractivity contribution in [2.75, 3.05) is 0 Å². The molecular weight excluding hydrogens is 180 g/mol. The summed E-state index contributed by atoms with van der Waals surface area (Å²) in [7, 11) is 0. The Morgan fingerprint density at radius 1 is 1.13 bits per heavy atom. The number of hydrogen-bond donors (Lipinski definition) is 0. The van der Waals surface area contributed by atoms with E-state index in [4.69, 9.17) is 0 Å². The number of hydrogen-bond acceptors (Lipinski definition) is 0. The lowest BCUT2D eigenvalue weighted by atomic mass is 9.91. The van der Waals surface area contributed by atoms with Crippen LogP contribution in [0.3, 0.4) is 0 Å². The molecule has 0 nitrogen and oxygen atoms in total. The third-order valence-electron chi connectivity index (χ3n) is 4.53. The van der Waals surface area contributed by atoms with Crippen LogP contribution in [0.25, 0.3) is 0 Å². The zero-order valence-corrected chi connectivity index (χ0v) is 11.3. The van der Waals surface area contributed by atoms with E-state index in [1.807, 2.05) is 0 Å². The van der Waals surface area contributed by atoms with Gasteiger partial charge in [0, 0.05) is 0 Å². The van der Waals surface area contributed by atoms with E-state index in [1.165, 1.54) is 44.9 Å². The Balaban J connectivity index is 2.18. The molecule has 0 aromatic rings. The van der Waals surface area contributed by atoms with Crippen molar-refractivity contribution < 1.29 is 0 Å². The Morgan fingerprint density at radius 3 is 2.40 bits per heavy atom. The molecule has 1 saturated carbocycles. The third kappa shape index (κ3) is 4.17. The van der Waals surface area contributed by atoms with E-state index in [9.17, 15) is 0 Å². The summed E-state index contributed by atoms with van der Waals surface area (Å²) in [5, 5.41) is 0. The lowest BCUT2D eigenvalue weighted by Gasteiger charge is -2.15. The van der Waals surface area contributed by atoms with Crippen molar-refractivity contribution in [3.63, 3.8) is 0 Å². The Kier molecular flexibility index (Phi) is 5.71. The first-order chi connectivity index (χ1) is 7.22. The average molecular weight is 210 g/mol. The van der Waals surface area contributed by atoms with Gasteiger partial charge in [0.25, 0.3) is 0 Å². The van der Waals surface area contributed by atoms with Crippen LogP contribution in [-0.4, -0.2) is 0 Å². The van der Waals surface area contributed by atoms with E-state index in [1.54, 1.807) is 0 Å². The normalized spacial score (nSPS) is 28.8. The molecule has 0 heterocycles. The molecule has 1 fully saturated rings. The SMILES string of the molecule is CCCCC(CC)CC1CC1C(C)CC. The molecular formula is C15H30. The predicted octanol–water partition coefficient (Wildman–Crippen LogP) is 5.28. The second-order valence-electron chi connectivity index (χ2n) is 5.70. The van der Waals surface area contributed by atoms with E-state index in [-0.39, 0.29) is 0 Å². The third-order valence-corrected chi connectivity index (χ3v) is 4.53. The molecule has 0 bridgehead atoms. The van der Waals surface area contributed by atoms with Crippen LogP contribution in [0.5, 0.6) is 0 Å². The molecule has 1 rings (SSSR count). The van der Waals surface area contributed by atoms with Crippen molar-refractivity contribution in [1.29, 1.82) is 0 Å². The monoisotopic (exact) mass is 210 g/mol. The van der Waals surface area contributed by atoms with Gasteiger partial charge in [0.05, 0.1) is 0 Å². The largest absolute Gasteiger partial charge is 0.0654 e. The van der Waals surface area contributed by atoms with Gasteiger partial charge >= 0.3 is 0 Å². The van der Waals surface area contributed by atoms with E-state index in [0.717, 1.165) is 23.7 Å². The summed E-state index contributed by atoms with van der Waals surface area (Å²) in [4.78, 5) is 0. The molecule has 90 valence electrons. The molecule has 0 spiro atoms. The lowest BCUT2D eigenvalue weighted by Crippen LogP contribution is -2.03. The van der Waals surface area contributed by atoms with E-state index in [2.05, 4.69) is 27.7 Å². The van der Waals surface area contributed by atoms with Crippen molar-refractivity contribution in [3.05, 3.63) is 0 Å². The van der Waals surface area contributed by atoms with Gasteiger partial charge in [-0.3, -0.25) is 0 Å². The Bertz CT molecular complexity index is 161. The highest BCUT2D eigenvalue weighted by molar-refractivity contribution is 4.90. The molecule has 0 radical (unpaired) electrons. The standard InChI is InChI=1S/C15H30/c1-5-8-9-13(7-3)10-14-11-15(14)12(4)6-2/h12-15H,5-11H2,1-4H3. The van der Waals surface area contributed by atoms with Crippen molar-refractivity contribution in [2.45, 2.75) is 72.6 Å². The van der Waals surface area contributed by atoms with Crippen LogP contribution in [-0.2, 0) is 0 Å². The topological polar surface area (TPSA) is 0 Å². The summed E-state index contributed by atoms with van der Waals surface area (Å²) in [6.07, 6.45) is 10.2. The molecule has 0 N–H and O–H groups in total. The molecule has 0 heteroatoms. The number of rotatable bonds is 8. The summed E-state index contributed by atoms with van der Waals surface area (Å²) in [5.74, 6) is 4.20. The van der Waals surface area contributed by atoms with Gasteiger partial charge in [-0.2, -0.15) is 0 Å². The van der Waals surface area contributed by atoms with Crippen LogP contribution in [0.4, 0.5) is 0 Å². The van der Waals surface area contributed by atoms with Gasteiger partial charge in [-0.15, -0.1) is 0 Å². The number of unbranched alkanes of at least 4 members (excludes halogenated alkanes) is 1. The molecule has 0 aromatic heterocycles. The molecule has 1 aliphatic rings. The van der Waals surface area contributed by atoms with Crippen molar-refractivity contribution in [3.8, 4) is 0 Å². The highest BCUT2D eigenvalue weighted by atomic mass is 14.5. The minimum atomic E-state index is 0.985. The summed E-state index contributed by atoms with van der Waals surface area (Å²) in [6, 6.07) is 0. The van der Waals surface area contributed by atoms with Gasteiger partial charge in [-0.1, -0.05) is 59.8 Å².